The van der Waals surface area contributed by atoms with Crippen molar-refractivity contribution in [1.82, 2.24) is 10.3 Å². The van der Waals surface area contributed by atoms with Gasteiger partial charge in [0, 0.05) is 13.5 Å². The highest BCUT2D eigenvalue weighted by atomic mass is 16.4. The van der Waals surface area contributed by atoms with Crippen LogP contribution in [0.15, 0.2) is 4.42 Å². The molecule has 0 atom stereocenters. The standard InChI is InChI=1S/C12H20N2O2/c1-5-6-7-13-12(15)11-10(8(2)3)14-9(4)16-11/h8H,5-7H2,1-4H3,(H,13,15). The van der Waals surface area contributed by atoms with Gasteiger partial charge in [0.25, 0.3) is 5.91 Å². The van der Waals surface area contributed by atoms with Gasteiger partial charge < -0.3 is 9.73 Å². The normalized spacial score (nSPS) is 10.8. The number of nitrogens with zero attached hydrogens (tertiary/aromatic N) is 1. The molecule has 0 saturated heterocycles. The fourth-order valence-corrected chi connectivity index (χ4v) is 1.46. The van der Waals surface area contributed by atoms with Crippen LogP contribution >= 0.6 is 0 Å². The summed E-state index contributed by atoms with van der Waals surface area (Å²) in [5, 5.41) is 2.84. The van der Waals surface area contributed by atoms with E-state index in [1.807, 2.05) is 13.8 Å². The van der Waals surface area contributed by atoms with E-state index in [0.29, 0.717) is 18.2 Å². The molecule has 1 N–H and O–H groups in total. The van der Waals surface area contributed by atoms with Gasteiger partial charge in [-0.3, -0.25) is 4.79 Å². The monoisotopic (exact) mass is 224 g/mol. The molecule has 1 aromatic rings. The van der Waals surface area contributed by atoms with Gasteiger partial charge in [-0.15, -0.1) is 0 Å². The van der Waals surface area contributed by atoms with Gasteiger partial charge in [0.05, 0.1) is 5.69 Å². The largest absolute Gasteiger partial charge is 0.436 e. The van der Waals surface area contributed by atoms with Gasteiger partial charge in [0.1, 0.15) is 0 Å². The maximum Gasteiger partial charge on any atom is 0.289 e. The fourth-order valence-electron chi connectivity index (χ4n) is 1.46. The summed E-state index contributed by atoms with van der Waals surface area (Å²) in [4.78, 5) is 16.0. The first-order chi connectivity index (χ1) is 7.56. The van der Waals surface area contributed by atoms with E-state index < -0.39 is 0 Å². The van der Waals surface area contributed by atoms with Gasteiger partial charge in [0.2, 0.25) is 5.76 Å². The Kier molecular flexibility index (Phi) is 4.52. The molecule has 0 aliphatic rings. The first kappa shape index (κ1) is 12.7. The molecule has 1 aromatic heterocycles. The van der Waals surface area contributed by atoms with Gasteiger partial charge in [0.15, 0.2) is 5.89 Å². The molecule has 4 heteroatoms. The van der Waals surface area contributed by atoms with E-state index in [0.717, 1.165) is 18.5 Å². The minimum Gasteiger partial charge on any atom is -0.436 e. The molecule has 0 bridgehead atoms. The first-order valence-electron chi connectivity index (χ1n) is 5.81. The molecule has 1 amide bonds. The second-order valence-corrected chi connectivity index (χ2v) is 4.21. The number of hydrogen-bond donors (Lipinski definition) is 1. The summed E-state index contributed by atoms with van der Waals surface area (Å²) in [6.45, 7) is 8.53. The van der Waals surface area contributed by atoms with Crippen LogP contribution in [-0.4, -0.2) is 17.4 Å². The summed E-state index contributed by atoms with van der Waals surface area (Å²) < 4.78 is 5.35. The van der Waals surface area contributed by atoms with Crippen molar-refractivity contribution in [1.29, 1.82) is 0 Å². The average Bonchev–Trinajstić information content (AvgIpc) is 2.61. The Labute approximate surface area is 96.4 Å². The van der Waals surface area contributed by atoms with E-state index in [1.165, 1.54) is 0 Å². The van der Waals surface area contributed by atoms with Crippen molar-refractivity contribution in [3.63, 3.8) is 0 Å². The predicted octanol–water partition coefficient (Wildman–Crippen LogP) is 2.64. The molecule has 0 fully saturated rings. The van der Waals surface area contributed by atoms with Crippen LogP contribution in [0.25, 0.3) is 0 Å². The number of aromatic nitrogens is 1. The molecule has 16 heavy (non-hydrogen) atoms. The lowest BCUT2D eigenvalue weighted by molar-refractivity contribution is 0.0922. The molecule has 0 saturated carbocycles. The van der Waals surface area contributed by atoms with Gasteiger partial charge in [-0.25, -0.2) is 4.98 Å². The maximum atomic E-state index is 11.8. The highest BCUT2D eigenvalue weighted by Gasteiger charge is 2.20. The van der Waals surface area contributed by atoms with Crippen LogP contribution in [0.2, 0.25) is 0 Å². The molecule has 0 spiro atoms. The summed E-state index contributed by atoms with van der Waals surface area (Å²) in [7, 11) is 0. The minimum atomic E-state index is -0.155. The number of unbranched alkanes of at least 4 members (excludes halogenated alkanes) is 1. The zero-order valence-electron chi connectivity index (χ0n) is 10.5. The van der Waals surface area contributed by atoms with Gasteiger partial charge in [-0.05, 0) is 12.3 Å². The lowest BCUT2D eigenvalue weighted by atomic mass is 10.1. The van der Waals surface area contributed by atoms with Crippen molar-refractivity contribution in [2.24, 2.45) is 0 Å². The van der Waals surface area contributed by atoms with Crippen LogP contribution in [0.5, 0.6) is 0 Å². The lowest BCUT2D eigenvalue weighted by Crippen LogP contribution is -2.25. The molecule has 4 nitrogen and oxygen atoms in total. The third-order valence-electron chi connectivity index (χ3n) is 2.33. The van der Waals surface area contributed by atoms with Crippen molar-refractivity contribution in [2.75, 3.05) is 6.54 Å². The second kappa shape index (κ2) is 5.68. The van der Waals surface area contributed by atoms with Crippen LogP contribution in [0.3, 0.4) is 0 Å². The zero-order valence-corrected chi connectivity index (χ0v) is 10.5. The Hall–Kier alpha value is -1.32. The predicted molar refractivity (Wildman–Crippen MR) is 62.6 cm³/mol. The van der Waals surface area contributed by atoms with Gasteiger partial charge in [-0.2, -0.15) is 0 Å². The highest BCUT2D eigenvalue weighted by Crippen LogP contribution is 2.19. The number of carbonyl (C=O) groups excluding carboxylic acids is 1. The number of hydrogen-bond acceptors (Lipinski definition) is 3. The smallest absolute Gasteiger partial charge is 0.289 e. The zero-order chi connectivity index (χ0) is 12.1. The van der Waals surface area contributed by atoms with E-state index >= 15 is 0 Å². The van der Waals surface area contributed by atoms with Crippen molar-refractivity contribution in [3.8, 4) is 0 Å². The molecule has 0 aromatic carbocycles. The summed E-state index contributed by atoms with van der Waals surface area (Å²) in [6, 6.07) is 0. The van der Waals surface area contributed by atoms with Crippen molar-refractivity contribution < 1.29 is 9.21 Å². The SMILES string of the molecule is CCCCNC(=O)c1oc(C)nc1C(C)C. The topological polar surface area (TPSA) is 55.1 Å². The average molecular weight is 224 g/mol. The van der Waals surface area contributed by atoms with Crippen LogP contribution in [-0.2, 0) is 0 Å². The molecule has 90 valence electrons. The minimum absolute atomic E-state index is 0.155. The molecule has 0 aliphatic heterocycles. The summed E-state index contributed by atoms with van der Waals surface area (Å²) in [6.07, 6.45) is 2.04. The van der Waals surface area contributed by atoms with Crippen LogP contribution in [0.4, 0.5) is 0 Å². The maximum absolute atomic E-state index is 11.8. The Balaban J connectivity index is 2.74. The van der Waals surface area contributed by atoms with E-state index in [2.05, 4.69) is 17.2 Å². The number of nitrogens with one attached hydrogen (secondary N) is 1. The van der Waals surface area contributed by atoms with Crippen LogP contribution in [0, 0.1) is 6.92 Å². The number of oxazole rings is 1. The molecule has 0 unspecified atom stereocenters. The number of carbonyl (C=O) groups is 1. The molecular weight excluding hydrogens is 204 g/mol. The summed E-state index contributed by atoms with van der Waals surface area (Å²) in [5.74, 6) is 0.954. The number of rotatable bonds is 5. The van der Waals surface area contributed by atoms with Crippen LogP contribution in [0.1, 0.15) is 61.7 Å². The van der Waals surface area contributed by atoms with Crippen LogP contribution < -0.4 is 5.32 Å². The van der Waals surface area contributed by atoms with E-state index in [4.69, 9.17) is 4.42 Å². The molecule has 0 aliphatic carbocycles. The second-order valence-electron chi connectivity index (χ2n) is 4.21. The third kappa shape index (κ3) is 3.08. The molecule has 1 rings (SSSR count). The highest BCUT2D eigenvalue weighted by molar-refractivity contribution is 5.92. The Morgan fingerprint density at radius 2 is 2.19 bits per heavy atom. The summed E-state index contributed by atoms with van der Waals surface area (Å²) >= 11 is 0. The van der Waals surface area contributed by atoms with Gasteiger partial charge >= 0.3 is 0 Å². The van der Waals surface area contributed by atoms with Gasteiger partial charge in [-0.1, -0.05) is 27.2 Å². The van der Waals surface area contributed by atoms with E-state index in [9.17, 15) is 4.79 Å². The van der Waals surface area contributed by atoms with E-state index in [1.54, 1.807) is 6.92 Å². The summed E-state index contributed by atoms with van der Waals surface area (Å²) in [5.41, 5.74) is 0.742. The van der Waals surface area contributed by atoms with E-state index in [-0.39, 0.29) is 11.8 Å². The fraction of sp³-hybridized carbons (Fsp3) is 0.667. The Bertz CT molecular complexity index is 356. The Morgan fingerprint density at radius 3 is 2.75 bits per heavy atom. The third-order valence-corrected chi connectivity index (χ3v) is 2.33. The quantitative estimate of drug-likeness (QED) is 0.782. The first-order valence-corrected chi connectivity index (χ1v) is 5.81. The lowest BCUT2D eigenvalue weighted by Gasteiger charge is -2.04. The van der Waals surface area contributed by atoms with Crippen molar-refractivity contribution in [2.45, 2.75) is 46.5 Å². The number of aryl methyl sites for hydroxylation is 1. The molecule has 0 radical (unpaired) electrons. The van der Waals surface area contributed by atoms with Crippen molar-refractivity contribution >= 4 is 5.91 Å². The van der Waals surface area contributed by atoms with Crippen molar-refractivity contribution in [3.05, 3.63) is 17.3 Å². The molecule has 1 heterocycles. The Morgan fingerprint density at radius 1 is 1.50 bits per heavy atom. The number of amides is 1. The molecular formula is C12H20N2O2.